The number of aromatic nitrogens is 3. The van der Waals surface area contributed by atoms with Crippen LogP contribution in [0.25, 0.3) is 0 Å². The van der Waals surface area contributed by atoms with Crippen LogP contribution in [0.5, 0.6) is 5.75 Å². The molecule has 2 aromatic heterocycles. The molecule has 0 aliphatic heterocycles. The van der Waals surface area contributed by atoms with Gasteiger partial charge in [-0.25, -0.2) is 26.3 Å². The van der Waals surface area contributed by atoms with E-state index in [4.69, 9.17) is 9.26 Å². The fraction of sp³-hybridized carbons (Fsp3) is 0.136. The summed E-state index contributed by atoms with van der Waals surface area (Å²) in [6, 6.07) is 5.20. The Kier molecular flexibility index (Phi) is 6.49. The molecule has 0 fully saturated rings. The second-order valence-corrected chi connectivity index (χ2v) is 7.24. The van der Waals surface area contributed by atoms with Gasteiger partial charge in [0, 0.05) is 6.20 Å². The van der Waals surface area contributed by atoms with Crippen LogP contribution in [0, 0.1) is 41.8 Å². The monoisotopic (exact) mass is 496 g/mol. The number of halogens is 6. The molecule has 2 heterocycles. The third-order valence-corrected chi connectivity index (χ3v) is 4.91. The maximum absolute atomic E-state index is 13.9. The highest BCUT2D eigenvalue weighted by molar-refractivity contribution is 6.03. The van der Waals surface area contributed by atoms with E-state index < -0.39 is 52.9 Å². The Balaban J connectivity index is 1.47. The third-order valence-electron chi connectivity index (χ3n) is 4.91. The Morgan fingerprint density at radius 3 is 2.26 bits per heavy atom. The highest BCUT2D eigenvalue weighted by atomic mass is 19.2. The molecule has 1 N–H and O–H groups in total. The predicted octanol–water partition coefficient (Wildman–Crippen LogP) is 4.89. The summed E-state index contributed by atoms with van der Waals surface area (Å²) in [4.78, 5) is 12.7. The van der Waals surface area contributed by atoms with Crippen molar-refractivity contribution in [2.75, 3.05) is 5.32 Å². The summed E-state index contributed by atoms with van der Waals surface area (Å²) in [6.07, 6.45) is 2.23. The van der Waals surface area contributed by atoms with Crippen LogP contribution in [0.3, 0.4) is 0 Å². The smallest absolute Gasteiger partial charge is 0.278 e. The summed E-state index contributed by atoms with van der Waals surface area (Å²) in [7, 11) is 0. The molecule has 0 aliphatic rings. The zero-order valence-corrected chi connectivity index (χ0v) is 17.7. The first-order valence-corrected chi connectivity index (χ1v) is 9.83. The van der Waals surface area contributed by atoms with E-state index in [-0.39, 0.29) is 18.0 Å². The van der Waals surface area contributed by atoms with Crippen LogP contribution in [-0.4, -0.2) is 20.8 Å². The van der Waals surface area contributed by atoms with Crippen molar-refractivity contribution in [2.45, 2.75) is 20.1 Å². The fourth-order valence-electron chi connectivity index (χ4n) is 3.08. The van der Waals surface area contributed by atoms with Gasteiger partial charge >= 0.3 is 0 Å². The number of anilines is 1. The van der Waals surface area contributed by atoms with Crippen LogP contribution >= 0.6 is 0 Å². The van der Waals surface area contributed by atoms with Crippen molar-refractivity contribution in [1.29, 1.82) is 0 Å². The van der Waals surface area contributed by atoms with Crippen LogP contribution in [0.4, 0.5) is 32.0 Å². The van der Waals surface area contributed by atoms with Gasteiger partial charge < -0.3 is 14.6 Å². The van der Waals surface area contributed by atoms with Crippen molar-refractivity contribution in [3.8, 4) is 5.75 Å². The number of rotatable bonds is 7. The average molecular weight is 496 g/mol. The summed E-state index contributed by atoms with van der Waals surface area (Å²) in [5.74, 6) is -10.9. The highest BCUT2D eigenvalue weighted by Crippen LogP contribution is 2.24. The molecule has 7 nitrogen and oxygen atoms in total. The maximum atomic E-state index is 13.9. The number of ether oxygens (including phenoxy) is 1. The van der Waals surface area contributed by atoms with E-state index in [0.717, 1.165) is 17.1 Å². The third kappa shape index (κ3) is 4.83. The zero-order valence-electron chi connectivity index (χ0n) is 17.7. The Bertz CT molecular complexity index is 1370. The van der Waals surface area contributed by atoms with E-state index >= 15 is 0 Å². The number of amides is 1. The topological polar surface area (TPSA) is 82.2 Å². The van der Waals surface area contributed by atoms with Crippen LogP contribution < -0.4 is 10.1 Å². The number of carbonyl (C=O) groups excluding carboxylic acids is 1. The van der Waals surface area contributed by atoms with E-state index in [1.807, 2.05) is 0 Å². The molecule has 2 aromatic carbocycles. The van der Waals surface area contributed by atoms with Gasteiger partial charge in [-0.3, -0.25) is 9.48 Å². The number of nitrogens with zero attached hydrogens (tertiary/aromatic N) is 3. The Morgan fingerprint density at radius 2 is 1.60 bits per heavy atom. The van der Waals surface area contributed by atoms with Crippen molar-refractivity contribution >= 4 is 11.6 Å². The summed E-state index contributed by atoms with van der Waals surface area (Å²) >= 11 is 0. The first-order chi connectivity index (χ1) is 16.7. The lowest BCUT2D eigenvalue weighted by molar-refractivity contribution is 0.101. The first kappa shape index (κ1) is 23.9. The summed E-state index contributed by atoms with van der Waals surface area (Å²) in [6.45, 7) is 0.639. The quantitative estimate of drug-likeness (QED) is 0.224. The van der Waals surface area contributed by atoms with E-state index in [0.29, 0.717) is 17.1 Å². The van der Waals surface area contributed by atoms with Gasteiger partial charge in [-0.05, 0) is 31.2 Å². The van der Waals surface area contributed by atoms with Gasteiger partial charge in [-0.15, -0.1) is 0 Å². The van der Waals surface area contributed by atoms with Gasteiger partial charge in [0.25, 0.3) is 5.91 Å². The lowest BCUT2D eigenvalue weighted by Gasteiger charge is -2.08. The molecule has 0 saturated carbocycles. The number of aryl methyl sites for hydroxylation is 1. The normalized spacial score (nSPS) is 11.1. The number of hydrogen-bond acceptors (Lipinski definition) is 5. The Hall–Kier alpha value is -4.29. The molecule has 0 radical (unpaired) electrons. The second kappa shape index (κ2) is 9.52. The highest BCUT2D eigenvalue weighted by Gasteiger charge is 2.26. The van der Waals surface area contributed by atoms with Crippen molar-refractivity contribution in [3.63, 3.8) is 0 Å². The lowest BCUT2D eigenvalue weighted by atomic mass is 10.1. The maximum Gasteiger partial charge on any atom is 0.278 e. The van der Waals surface area contributed by atoms with Crippen LogP contribution in [0.2, 0.25) is 0 Å². The number of nitrogens with one attached hydrogen (secondary N) is 1. The van der Waals surface area contributed by atoms with Gasteiger partial charge in [0.2, 0.25) is 5.82 Å². The van der Waals surface area contributed by atoms with Crippen LogP contribution in [0.15, 0.2) is 41.2 Å². The fourth-order valence-corrected chi connectivity index (χ4v) is 3.08. The molecular weight excluding hydrogens is 482 g/mol. The number of hydrogen-bond donors (Lipinski definition) is 1. The van der Waals surface area contributed by atoms with Crippen molar-refractivity contribution in [2.24, 2.45) is 0 Å². The molecule has 182 valence electrons. The summed E-state index contributed by atoms with van der Waals surface area (Å²) < 4.78 is 92.3. The van der Waals surface area contributed by atoms with E-state index in [9.17, 15) is 31.1 Å². The SMILES string of the molecule is Cc1onc(C(=O)Nc2cnn(Cc3c(F)c(F)c(F)c(F)c3F)c2)c1COc1ccc(F)cc1. The molecule has 0 spiro atoms. The molecule has 35 heavy (non-hydrogen) atoms. The Labute approximate surface area is 192 Å². The van der Waals surface area contributed by atoms with Gasteiger partial charge in [0.05, 0.1) is 29.6 Å². The molecule has 0 unspecified atom stereocenters. The molecule has 1 amide bonds. The summed E-state index contributed by atoms with van der Waals surface area (Å²) in [5.41, 5.74) is -0.864. The molecule has 4 aromatic rings. The second-order valence-electron chi connectivity index (χ2n) is 7.24. The number of carbonyl (C=O) groups is 1. The van der Waals surface area contributed by atoms with Gasteiger partial charge in [-0.1, -0.05) is 5.16 Å². The molecule has 0 atom stereocenters. The molecule has 0 bridgehead atoms. The molecule has 0 aliphatic carbocycles. The van der Waals surface area contributed by atoms with Gasteiger partial charge in [0.1, 0.15) is 23.9 Å². The van der Waals surface area contributed by atoms with E-state index in [1.54, 1.807) is 6.92 Å². The standard InChI is InChI=1S/C22H14F6N4O3/c1-10-15(9-34-13-4-2-11(23)3-5-13)21(31-35-10)22(33)30-12-6-29-32(7-12)8-14-16(24)18(26)20(28)19(27)17(14)25/h2-7H,8-9H2,1H3,(H,30,33). The molecule has 0 saturated heterocycles. The number of benzene rings is 2. The Morgan fingerprint density at radius 1 is 0.971 bits per heavy atom. The summed E-state index contributed by atoms with van der Waals surface area (Å²) in [5, 5.41) is 9.89. The van der Waals surface area contributed by atoms with Gasteiger partial charge in [0.15, 0.2) is 29.0 Å². The lowest BCUT2D eigenvalue weighted by Crippen LogP contribution is -2.15. The van der Waals surface area contributed by atoms with Gasteiger partial charge in [-0.2, -0.15) is 5.10 Å². The first-order valence-electron chi connectivity index (χ1n) is 9.83. The zero-order chi connectivity index (χ0) is 25.3. The molecular formula is C22H14F6N4O3. The van der Waals surface area contributed by atoms with Crippen molar-refractivity contribution in [1.82, 2.24) is 14.9 Å². The van der Waals surface area contributed by atoms with E-state index in [1.165, 1.54) is 24.3 Å². The minimum Gasteiger partial charge on any atom is -0.489 e. The van der Waals surface area contributed by atoms with E-state index in [2.05, 4.69) is 15.6 Å². The van der Waals surface area contributed by atoms with Crippen molar-refractivity contribution in [3.05, 3.63) is 94.1 Å². The van der Waals surface area contributed by atoms with Crippen molar-refractivity contribution < 1.29 is 40.4 Å². The predicted molar refractivity (Wildman–Crippen MR) is 107 cm³/mol. The van der Waals surface area contributed by atoms with Crippen LogP contribution in [0.1, 0.15) is 27.4 Å². The largest absolute Gasteiger partial charge is 0.489 e. The average Bonchev–Trinajstić information content (AvgIpc) is 3.44. The minimum absolute atomic E-state index is 0.0462. The van der Waals surface area contributed by atoms with Crippen LogP contribution in [-0.2, 0) is 13.2 Å². The minimum atomic E-state index is -2.26. The molecule has 13 heteroatoms. The molecule has 4 rings (SSSR count).